The van der Waals surface area contributed by atoms with Gasteiger partial charge in [0, 0.05) is 18.1 Å². The number of hydrogen-bond donors (Lipinski definition) is 1. The van der Waals surface area contributed by atoms with Crippen molar-refractivity contribution in [2.24, 2.45) is 0 Å². The fourth-order valence-electron chi connectivity index (χ4n) is 2.51. The van der Waals surface area contributed by atoms with Crippen LogP contribution in [0.1, 0.15) is 11.1 Å². The molecule has 1 aromatic heterocycles. The Labute approximate surface area is 152 Å². The Kier molecular flexibility index (Phi) is 5.49. The number of pyridine rings is 1. The van der Waals surface area contributed by atoms with Crippen molar-refractivity contribution >= 4 is 11.6 Å². The first-order valence-corrected chi connectivity index (χ1v) is 8.27. The number of carbonyl (C=O) groups is 1. The highest BCUT2D eigenvalue weighted by Crippen LogP contribution is 2.25. The second-order valence-corrected chi connectivity index (χ2v) is 5.97. The summed E-state index contributed by atoms with van der Waals surface area (Å²) in [6.07, 6.45) is 3.23. The van der Waals surface area contributed by atoms with E-state index in [2.05, 4.69) is 16.4 Å². The standard InChI is InChI=1S/C21H20N2O3/c1-15-11-16(2)13-20(12-15)26-19-5-3-18(4-6-19)25-14-21(24)23-17-7-9-22-10-8-17/h3-13H,14H2,1-2H3,(H,22,23,24). The zero-order valence-electron chi connectivity index (χ0n) is 14.7. The summed E-state index contributed by atoms with van der Waals surface area (Å²) in [5, 5.41) is 2.74. The molecule has 3 aromatic rings. The molecular formula is C21H20N2O3. The second-order valence-electron chi connectivity index (χ2n) is 5.97. The molecule has 0 spiro atoms. The average Bonchev–Trinajstić information content (AvgIpc) is 2.61. The quantitative estimate of drug-likeness (QED) is 0.712. The molecule has 132 valence electrons. The Morgan fingerprint density at radius 3 is 2.15 bits per heavy atom. The largest absolute Gasteiger partial charge is 0.484 e. The number of benzene rings is 2. The molecule has 2 aromatic carbocycles. The van der Waals surface area contributed by atoms with E-state index in [1.54, 1.807) is 36.7 Å². The molecule has 1 amide bonds. The van der Waals surface area contributed by atoms with Crippen molar-refractivity contribution in [2.75, 3.05) is 11.9 Å². The Bertz CT molecular complexity index is 857. The molecule has 0 fully saturated rings. The summed E-state index contributed by atoms with van der Waals surface area (Å²) in [7, 11) is 0. The molecule has 0 bridgehead atoms. The van der Waals surface area contributed by atoms with Crippen molar-refractivity contribution in [1.29, 1.82) is 0 Å². The molecule has 0 aliphatic carbocycles. The predicted molar refractivity (Wildman–Crippen MR) is 101 cm³/mol. The van der Waals surface area contributed by atoms with Gasteiger partial charge in [-0.15, -0.1) is 0 Å². The van der Waals surface area contributed by atoms with Crippen LogP contribution in [0.2, 0.25) is 0 Å². The summed E-state index contributed by atoms with van der Waals surface area (Å²) in [6, 6.07) is 16.7. The van der Waals surface area contributed by atoms with Crippen LogP contribution in [0.5, 0.6) is 17.2 Å². The molecule has 1 N–H and O–H groups in total. The number of aryl methyl sites for hydroxylation is 2. The van der Waals surface area contributed by atoms with Gasteiger partial charge in [0.05, 0.1) is 0 Å². The van der Waals surface area contributed by atoms with Crippen molar-refractivity contribution in [3.8, 4) is 17.2 Å². The smallest absolute Gasteiger partial charge is 0.262 e. The first kappa shape index (κ1) is 17.5. The van der Waals surface area contributed by atoms with E-state index < -0.39 is 0 Å². The van der Waals surface area contributed by atoms with Crippen molar-refractivity contribution < 1.29 is 14.3 Å². The van der Waals surface area contributed by atoms with Gasteiger partial charge in [0.2, 0.25) is 0 Å². The summed E-state index contributed by atoms with van der Waals surface area (Å²) in [6.45, 7) is 4.00. The third-order valence-corrected chi connectivity index (χ3v) is 3.59. The molecule has 0 aliphatic rings. The average molecular weight is 348 g/mol. The first-order valence-electron chi connectivity index (χ1n) is 8.27. The van der Waals surface area contributed by atoms with Gasteiger partial charge in [-0.2, -0.15) is 0 Å². The van der Waals surface area contributed by atoms with Crippen LogP contribution in [0.4, 0.5) is 5.69 Å². The molecule has 26 heavy (non-hydrogen) atoms. The minimum Gasteiger partial charge on any atom is -0.484 e. The number of anilines is 1. The molecule has 0 aliphatic heterocycles. The molecule has 0 atom stereocenters. The molecule has 0 saturated heterocycles. The molecule has 1 heterocycles. The van der Waals surface area contributed by atoms with Crippen LogP contribution >= 0.6 is 0 Å². The first-order chi connectivity index (χ1) is 12.6. The van der Waals surface area contributed by atoms with Crippen molar-refractivity contribution in [2.45, 2.75) is 13.8 Å². The Morgan fingerprint density at radius 2 is 1.50 bits per heavy atom. The maximum absolute atomic E-state index is 11.9. The van der Waals surface area contributed by atoms with Crippen molar-refractivity contribution in [1.82, 2.24) is 4.98 Å². The number of nitrogens with one attached hydrogen (secondary N) is 1. The molecule has 0 unspecified atom stereocenters. The van der Waals surface area contributed by atoms with Gasteiger partial charge in [0.15, 0.2) is 6.61 Å². The number of amides is 1. The molecule has 3 rings (SSSR count). The van der Waals surface area contributed by atoms with Gasteiger partial charge in [0.25, 0.3) is 5.91 Å². The van der Waals surface area contributed by atoms with E-state index in [0.717, 1.165) is 16.9 Å². The van der Waals surface area contributed by atoms with Gasteiger partial charge in [-0.3, -0.25) is 9.78 Å². The highest BCUT2D eigenvalue weighted by molar-refractivity contribution is 5.91. The normalized spacial score (nSPS) is 10.2. The monoisotopic (exact) mass is 348 g/mol. The van der Waals surface area contributed by atoms with E-state index in [1.807, 2.05) is 38.1 Å². The molecule has 0 saturated carbocycles. The number of hydrogen-bond acceptors (Lipinski definition) is 4. The maximum atomic E-state index is 11.9. The van der Waals surface area contributed by atoms with Gasteiger partial charge < -0.3 is 14.8 Å². The second kappa shape index (κ2) is 8.16. The van der Waals surface area contributed by atoms with Gasteiger partial charge in [-0.25, -0.2) is 0 Å². The number of nitrogens with zero attached hydrogens (tertiary/aromatic N) is 1. The van der Waals surface area contributed by atoms with E-state index in [0.29, 0.717) is 17.2 Å². The van der Waals surface area contributed by atoms with Gasteiger partial charge in [-0.05, 0) is 73.5 Å². The summed E-state index contributed by atoms with van der Waals surface area (Å²) in [5.41, 5.74) is 2.99. The summed E-state index contributed by atoms with van der Waals surface area (Å²) in [4.78, 5) is 15.8. The third kappa shape index (κ3) is 5.08. The minimum atomic E-state index is -0.230. The lowest BCUT2D eigenvalue weighted by atomic mass is 10.1. The van der Waals surface area contributed by atoms with Crippen LogP contribution in [0.25, 0.3) is 0 Å². The lowest BCUT2D eigenvalue weighted by molar-refractivity contribution is -0.118. The molecule has 5 heteroatoms. The van der Waals surface area contributed by atoms with Gasteiger partial charge in [0.1, 0.15) is 17.2 Å². The SMILES string of the molecule is Cc1cc(C)cc(Oc2ccc(OCC(=O)Nc3ccncc3)cc2)c1. The van der Waals surface area contributed by atoms with Crippen LogP contribution in [-0.4, -0.2) is 17.5 Å². The van der Waals surface area contributed by atoms with Gasteiger partial charge >= 0.3 is 0 Å². The van der Waals surface area contributed by atoms with E-state index in [1.165, 1.54) is 0 Å². The lowest BCUT2D eigenvalue weighted by Crippen LogP contribution is -2.20. The highest BCUT2D eigenvalue weighted by Gasteiger charge is 2.05. The van der Waals surface area contributed by atoms with Crippen molar-refractivity contribution in [3.63, 3.8) is 0 Å². The minimum absolute atomic E-state index is 0.0698. The highest BCUT2D eigenvalue weighted by atomic mass is 16.5. The van der Waals surface area contributed by atoms with Crippen LogP contribution in [0.3, 0.4) is 0 Å². The van der Waals surface area contributed by atoms with Crippen LogP contribution < -0.4 is 14.8 Å². The molecule has 0 radical (unpaired) electrons. The number of aromatic nitrogens is 1. The summed E-state index contributed by atoms with van der Waals surface area (Å²) in [5.74, 6) is 1.88. The van der Waals surface area contributed by atoms with E-state index in [9.17, 15) is 4.79 Å². The number of carbonyl (C=O) groups excluding carboxylic acids is 1. The topological polar surface area (TPSA) is 60.5 Å². The number of ether oxygens (including phenoxy) is 2. The van der Waals surface area contributed by atoms with Crippen molar-refractivity contribution in [3.05, 3.63) is 78.1 Å². The Hall–Kier alpha value is -3.34. The van der Waals surface area contributed by atoms with Crippen LogP contribution in [0, 0.1) is 13.8 Å². The van der Waals surface area contributed by atoms with Crippen LogP contribution in [0.15, 0.2) is 67.0 Å². The zero-order valence-corrected chi connectivity index (χ0v) is 14.7. The third-order valence-electron chi connectivity index (χ3n) is 3.59. The molecule has 5 nitrogen and oxygen atoms in total. The fourth-order valence-corrected chi connectivity index (χ4v) is 2.51. The Balaban J connectivity index is 1.53. The predicted octanol–water partition coefficient (Wildman–Crippen LogP) is 4.51. The zero-order chi connectivity index (χ0) is 18.4. The summed E-state index contributed by atoms with van der Waals surface area (Å²) >= 11 is 0. The summed E-state index contributed by atoms with van der Waals surface area (Å²) < 4.78 is 11.4. The van der Waals surface area contributed by atoms with E-state index >= 15 is 0 Å². The fraction of sp³-hybridized carbons (Fsp3) is 0.143. The Morgan fingerprint density at radius 1 is 0.885 bits per heavy atom. The lowest BCUT2D eigenvalue weighted by Gasteiger charge is -2.10. The van der Waals surface area contributed by atoms with Crippen LogP contribution in [-0.2, 0) is 4.79 Å². The van der Waals surface area contributed by atoms with Gasteiger partial charge in [-0.1, -0.05) is 6.07 Å². The van der Waals surface area contributed by atoms with E-state index in [-0.39, 0.29) is 12.5 Å². The maximum Gasteiger partial charge on any atom is 0.262 e. The molecular weight excluding hydrogens is 328 g/mol. The number of rotatable bonds is 6. The van der Waals surface area contributed by atoms with E-state index in [4.69, 9.17) is 9.47 Å².